The third kappa shape index (κ3) is 4.96. The van der Waals surface area contributed by atoms with Gasteiger partial charge in [0.15, 0.2) is 0 Å². The van der Waals surface area contributed by atoms with Crippen LogP contribution in [0.25, 0.3) is 0 Å². The van der Waals surface area contributed by atoms with Crippen LogP contribution in [0.15, 0.2) is 24.3 Å². The Kier molecular flexibility index (Phi) is 5.47. The summed E-state index contributed by atoms with van der Waals surface area (Å²) < 4.78 is 36.9. The number of hydrogen-bond acceptors (Lipinski definition) is 1. The van der Waals surface area contributed by atoms with E-state index in [1.807, 2.05) is 0 Å². The van der Waals surface area contributed by atoms with E-state index in [0.29, 0.717) is 24.3 Å². The number of hydrogen-bond donors (Lipinski definition) is 1. The lowest BCUT2D eigenvalue weighted by Crippen LogP contribution is -2.22. The molecule has 0 bridgehead atoms. The Bertz CT molecular complexity index is 389. The Balaban J connectivity index is 2.47. The van der Waals surface area contributed by atoms with Gasteiger partial charge in [0.1, 0.15) is 0 Å². The summed E-state index contributed by atoms with van der Waals surface area (Å²) in [6.07, 6.45) is -3.42. The van der Waals surface area contributed by atoms with E-state index in [1.54, 1.807) is 0 Å². The number of nitrogens with one attached hydrogen (secondary N) is 1. The Morgan fingerprint density at radius 3 is 2.33 bits per heavy atom. The molecule has 1 rings (SSSR count). The first-order chi connectivity index (χ1) is 8.43. The van der Waals surface area contributed by atoms with Crippen molar-refractivity contribution in [2.24, 2.45) is 0 Å². The van der Waals surface area contributed by atoms with Crippen molar-refractivity contribution < 1.29 is 18.0 Å². The second-order valence-electron chi connectivity index (χ2n) is 3.76. The van der Waals surface area contributed by atoms with Gasteiger partial charge in [-0.05, 0) is 24.1 Å². The Morgan fingerprint density at radius 1 is 1.22 bits per heavy atom. The lowest BCUT2D eigenvalue weighted by Gasteiger charge is -2.08. The van der Waals surface area contributed by atoms with E-state index >= 15 is 0 Å². The minimum absolute atomic E-state index is 0.157. The zero-order valence-corrected chi connectivity index (χ0v) is 10.3. The monoisotopic (exact) mass is 279 g/mol. The maximum absolute atomic E-state index is 12.3. The summed E-state index contributed by atoms with van der Waals surface area (Å²) in [6, 6.07) is 4.70. The molecule has 2 nitrogen and oxygen atoms in total. The highest BCUT2D eigenvalue weighted by molar-refractivity contribution is 6.17. The summed E-state index contributed by atoms with van der Waals surface area (Å²) in [7, 11) is 0. The Labute approximate surface area is 108 Å². The van der Waals surface area contributed by atoms with Crippen molar-refractivity contribution >= 4 is 17.5 Å². The number of carbonyl (C=O) groups is 1. The fourth-order valence-corrected chi connectivity index (χ4v) is 1.46. The first-order valence-corrected chi connectivity index (χ1v) is 5.95. The maximum atomic E-state index is 12.3. The lowest BCUT2D eigenvalue weighted by atomic mass is 10.1. The summed E-state index contributed by atoms with van der Waals surface area (Å²) in [5.74, 6) is 0.254. The molecular weight excluding hydrogens is 267 g/mol. The van der Waals surface area contributed by atoms with Gasteiger partial charge in [0.2, 0.25) is 5.91 Å². The van der Waals surface area contributed by atoms with Crippen LogP contribution in [-0.4, -0.2) is 11.8 Å². The fraction of sp³-hybridized carbons (Fsp3) is 0.417. The molecule has 1 aromatic carbocycles. The second-order valence-corrected chi connectivity index (χ2v) is 4.14. The molecule has 1 N–H and O–H groups in total. The van der Waals surface area contributed by atoms with Crippen LogP contribution < -0.4 is 5.32 Å². The van der Waals surface area contributed by atoms with Crippen molar-refractivity contribution in [3.63, 3.8) is 0 Å². The topological polar surface area (TPSA) is 29.1 Å². The average molecular weight is 280 g/mol. The summed E-state index contributed by atoms with van der Waals surface area (Å²) in [4.78, 5) is 11.3. The van der Waals surface area contributed by atoms with Crippen molar-refractivity contribution in [1.29, 1.82) is 0 Å². The first kappa shape index (κ1) is 14.8. The van der Waals surface area contributed by atoms with Crippen LogP contribution in [0.4, 0.5) is 13.2 Å². The minimum atomic E-state index is -4.33. The van der Waals surface area contributed by atoms with E-state index in [4.69, 9.17) is 11.6 Å². The van der Waals surface area contributed by atoms with Gasteiger partial charge in [-0.2, -0.15) is 13.2 Å². The van der Waals surface area contributed by atoms with Crippen molar-refractivity contribution in [1.82, 2.24) is 5.32 Å². The van der Waals surface area contributed by atoms with Crippen LogP contribution in [0.5, 0.6) is 0 Å². The third-order valence-electron chi connectivity index (χ3n) is 2.31. The van der Waals surface area contributed by atoms with E-state index in [-0.39, 0.29) is 12.5 Å². The van der Waals surface area contributed by atoms with E-state index in [1.165, 1.54) is 12.1 Å². The van der Waals surface area contributed by atoms with E-state index in [2.05, 4.69) is 5.32 Å². The average Bonchev–Trinajstić information content (AvgIpc) is 2.33. The normalized spacial score (nSPS) is 11.3. The van der Waals surface area contributed by atoms with Gasteiger partial charge < -0.3 is 5.32 Å². The van der Waals surface area contributed by atoms with Gasteiger partial charge in [-0.1, -0.05) is 12.1 Å². The molecule has 1 amide bonds. The molecule has 0 saturated heterocycles. The van der Waals surface area contributed by atoms with Crippen LogP contribution in [0.2, 0.25) is 0 Å². The smallest absolute Gasteiger partial charge is 0.352 e. The number of halogens is 4. The minimum Gasteiger partial charge on any atom is -0.352 e. The van der Waals surface area contributed by atoms with Crippen LogP contribution in [-0.2, 0) is 17.5 Å². The highest BCUT2D eigenvalue weighted by Crippen LogP contribution is 2.28. The largest absolute Gasteiger partial charge is 0.416 e. The summed E-state index contributed by atoms with van der Waals surface area (Å²) in [6.45, 7) is 0.221. The molecule has 18 heavy (non-hydrogen) atoms. The van der Waals surface area contributed by atoms with Gasteiger partial charge in [0.25, 0.3) is 0 Å². The van der Waals surface area contributed by atoms with E-state index in [9.17, 15) is 18.0 Å². The van der Waals surface area contributed by atoms with Crippen LogP contribution in [0, 0.1) is 0 Å². The second kappa shape index (κ2) is 6.64. The number of rotatable bonds is 5. The molecule has 0 fully saturated rings. The first-order valence-electron chi connectivity index (χ1n) is 5.42. The SMILES string of the molecule is O=C(CCCCl)NCc1ccc(C(F)(F)F)cc1. The van der Waals surface area contributed by atoms with Gasteiger partial charge in [-0.3, -0.25) is 4.79 Å². The van der Waals surface area contributed by atoms with Gasteiger partial charge in [-0.15, -0.1) is 11.6 Å². The van der Waals surface area contributed by atoms with Crippen molar-refractivity contribution in [3.05, 3.63) is 35.4 Å². The van der Waals surface area contributed by atoms with Crippen molar-refractivity contribution in [2.75, 3.05) is 5.88 Å². The lowest BCUT2D eigenvalue weighted by molar-refractivity contribution is -0.137. The van der Waals surface area contributed by atoms with Gasteiger partial charge in [-0.25, -0.2) is 0 Å². The molecule has 0 atom stereocenters. The Hall–Kier alpha value is -1.23. The standard InChI is InChI=1S/C12H13ClF3NO/c13-7-1-2-11(18)17-8-9-3-5-10(6-4-9)12(14,15)16/h3-6H,1-2,7-8H2,(H,17,18). The number of benzene rings is 1. The molecule has 0 saturated carbocycles. The molecule has 6 heteroatoms. The number of carbonyl (C=O) groups excluding carboxylic acids is 1. The van der Waals surface area contributed by atoms with E-state index < -0.39 is 11.7 Å². The van der Waals surface area contributed by atoms with Gasteiger partial charge in [0, 0.05) is 18.8 Å². The quantitative estimate of drug-likeness (QED) is 0.823. The van der Waals surface area contributed by atoms with Crippen molar-refractivity contribution in [3.8, 4) is 0 Å². The molecular formula is C12H13ClF3NO. The zero-order valence-electron chi connectivity index (χ0n) is 9.56. The fourth-order valence-electron chi connectivity index (χ4n) is 1.33. The van der Waals surface area contributed by atoms with Gasteiger partial charge in [0.05, 0.1) is 5.56 Å². The molecule has 0 spiro atoms. The zero-order chi connectivity index (χ0) is 13.6. The molecule has 0 radical (unpaired) electrons. The molecule has 0 aliphatic rings. The maximum Gasteiger partial charge on any atom is 0.416 e. The summed E-state index contributed by atoms with van der Waals surface area (Å²) >= 11 is 5.44. The van der Waals surface area contributed by atoms with Gasteiger partial charge >= 0.3 is 6.18 Å². The predicted octanol–water partition coefficient (Wildman–Crippen LogP) is 3.34. The summed E-state index contributed by atoms with van der Waals surface area (Å²) in [5, 5.41) is 2.61. The van der Waals surface area contributed by atoms with E-state index in [0.717, 1.165) is 12.1 Å². The van der Waals surface area contributed by atoms with Crippen molar-refractivity contribution in [2.45, 2.75) is 25.6 Å². The Morgan fingerprint density at radius 2 is 1.83 bits per heavy atom. The molecule has 100 valence electrons. The van der Waals surface area contributed by atoms with Crippen LogP contribution in [0.3, 0.4) is 0 Å². The third-order valence-corrected chi connectivity index (χ3v) is 2.58. The highest BCUT2D eigenvalue weighted by atomic mass is 35.5. The molecule has 0 aliphatic heterocycles. The number of alkyl halides is 4. The predicted molar refractivity (Wildman–Crippen MR) is 63.2 cm³/mol. The molecule has 0 heterocycles. The molecule has 0 aliphatic carbocycles. The molecule has 0 aromatic heterocycles. The van der Waals surface area contributed by atoms with Crippen LogP contribution in [0.1, 0.15) is 24.0 Å². The molecule has 1 aromatic rings. The molecule has 0 unspecified atom stereocenters. The highest BCUT2D eigenvalue weighted by Gasteiger charge is 2.29. The number of amides is 1. The van der Waals surface area contributed by atoms with Crippen LogP contribution >= 0.6 is 11.6 Å². The summed E-state index contributed by atoms with van der Waals surface area (Å²) in [5.41, 5.74) is -0.0676.